The van der Waals surface area contributed by atoms with Gasteiger partial charge in [-0.2, -0.15) is 0 Å². The number of pyridine rings is 2. The summed E-state index contributed by atoms with van der Waals surface area (Å²) in [4.78, 5) is 19.7. The van der Waals surface area contributed by atoms with Gasteiger partial charge in [-0.05, 0) is 30.7 Å². The highest BCUT2D eigenvalue weighted by molar-refractivity contribution is 7.90. The van der Waals surface area contributed by atoms with Crippen LogP contribution in [0.25, 0.3) is 0 Å². The van der Waals surface area contributed by atoms with E-state index in [4.69, 9.17) is 4.74 Å². The Bertz CT molecular complexity index is 1260. The zero-order chi connectivity index (χ0) is 23.7. The predicted molar refractivity (Wildman–Crippen MR) is 128 cm³/mol. The second-order valence-corrected chi connectivity index (χ2v) is 10.8. The fraction of sp³-hybridized carbons (Fsp3) is 0.391. The molecule has 2 aliphatic rings. The summed E-state index contributed by atoms with van der Waals surface area (Å²) in [5, 5.41) is 6.13. The first-order valence-corrected chi connectivity index (χ1v) is 13.0. The van der Waals surface area contributed by atoms with Gasteiger partial charge in [0.15, 0.2) is 9.84 Å². The molecule has 3 aromatic heterocycles. The van der Waals surface area contributed by atoms with E-state index in [1.807, 2.05) is 12.3 Å². The summed E-state index contributed by atoms with van der Waals surface area (Å²) in [6, 6.07) is 9.06. The molecule has 0 unspecified atom stereocenters. The summed E-state index contributed by atoms with van der Waals surface area (Å²) < 4.78 is 29.6. The largest absolute Gasteiger partial charge is 0.381 e. The normalized spacial score (nSPS) is 21.2. The molecule has 178 valence electrons. The van der Waals surface area contributed by atoms with Gasteiger partial charge in [0.1, 0.15) is 34.5 Å². The molecule has 3 aromatic rings. The number of rotatable bonds is 7. The van der Waals surface area contributed by atoms with E-state index >= 15 is 0 Å². The summed E-state index contributed by atoms with van der Waals surface area (Å²) in [5.74, 6) is 3.10. The predicted octanol–water partition coefficient (Wildman–Crippen LogP) is 2.80. The molecule has 5 heterocycles. The van der Waals surface area contributed by atoms with E-state index in [2.05, 4.69) is 48.5 Å². The molecule has 0 aromatic carbocycles. The van der Waals surface area contributed by atoms with Crippen LogP contribution in [0.4, 0.5) is 23.3 Å². The van der Waals surface area contributed by atoms with E-state index in [1.165, 1.54) is 24.2 Å². The molecular formula is C23H27N7O3S. The molecule has 2 aliphatic heterocycles. The molecule has 2 fully saturated rings. The standard InChI is InChI=1S/C23H27N7O3S/c1-15(30-10-17-12-33-13-18(17)11-30)16-5-6-20(25-9-16)28-21-8-22(27-14-26-21)29-23-19(34(2,31)32)4-3-7-24-23/h3-9,14-15,17-18H,10-13H2,1-2H3,(H2,24,25,26,27,28,29)/t15-,17-,18+/m0/s1. The Balaban J connectivity index is 1.25. The van der Waals surface area contributed by atoms with Crippen molar-refractivity contribution in [3.8, 4) is 0 Å². The minimum absolute atomic E-state index is 0.101. The Morgan fingerprint density at radius 3 is 2.41 bits per heavy atom. The van der Waals surface area contributed by atoms with E-state index in [1.54, 1.807) is 12.1 Å². The highest BCUT2D eigenvalue weighted by atomic mass is 32.2. The number of ether oxygens (including phenoxy) is 1. The first-order chi connectivity index (χ1) is 16.4. The van der Waals surface area contributed by atoms with Crippen molar-refractivity contribution in [2.75, 3.05) is 43.2 Å². The summed E-state index contributed by atoms with van der Waals surface area (Å²) in [7, 11) is -3.44. The van der Waals surface area contributed by atoms with Crippen molar-refractivity contribution in [1.29, 1.82) is 0 Å². The number of sulfone groups is 1. The van der Waals surface area contributed by atoms with Gasteiger partial charge in [0.05, 0.1) is 13.2 Å². The van der Waals surface area contributed by atoms with Crippen LogP contribution in [-0.4, -0.2) is 65.8 Å². The Morgan fingerprint density at radius 2 is 1.74 bits per heavy atom. The molecule has 34 heavy (non-hydrogen) atoms. The molecule has 0 aliphatic carbocycles. The molecule has 2 saturated heterocycles. The second kappa shape index (κ2) is 9.24. The van der Waals surface area contributed by atoms with Crippen LogP contribution >= 0.6 is 0 Å². The highest BCUT2D eigenvalue weighted by Gasteiger charge is 2.38. The van der Waals surface area contributed by atoms with Crippen molar-refractivity contribution in [3.05, 3.63) is 54.6 Å². The Morgan fingerprint density at radius 1 is 1.00 bits per heavy atom. The third-order valence-electron chi connectivity index (χ3n) is 6.42. The molecule has 0 bridgehead atoms. The van der Waals surface area contributed by atoms with E-state index in [0.29, 0.717) is 35.3 Å². The highest BCUT2D eigenvalue weighted by Crippen LogP contribution is 2.34. The maximum atomic E-state index is 12.0. The van der Waals surface area contributed by atoms with E-state index in [-0.39, 0.29) is 10.7 Å². The third kappa shape index (κ3) is 4.86. The molecule has 10 nitrogen and oxygen atoms in total. The quantitative estimate of drug-likeness (QED) is 0.521. The van der Waals surface area contributed by atoms with Crippen LogP contribution in [-0.2, 0) is 14.6 Å². The van der Waals surface area contributed by atoms with Gasteiger partial charge in [-0.3, -0.25) is 4.90 Å². The van der Waals surface area contributed by atoms with Crippen molar-refractivity contribution in [1.82, 2.24) is 24.8 Å². The van der Waals surface area contributed by atoms with Crippen molar-refractivity contribution in [2.45, 2.75) is 17.9 Å². The number of nitrogens with one attached hydrogen (secondary N) is 2. The van der Waals surface area contributed by atoms with Crippen LogP contribution in [0.1, 0.15) is 18.5 Å². The summed E-state index contributed by atoms with van der Waals surface area (Å²) in [6.07, 6.45) is 5.94. The molecule has 2 N–H and O–H groups in total. The van der Waals surface area contributed by atoms with Crippen LogP contribution in [0.2, 0.25) is 0 Å². The van der Waals surface area contributed by atoms with Crippen molar-refractivity contribution < 1.29 is 13.2 Å². The van der Waals surface area contributed by atoms with Gasteiger partial charge in [-0.15, -0.1) is 0 Å². The van der Waals surface area contributed by atoms with Crippen molar-refractivity contribution in [3.63, 3.8) is 0 Å². The van der Waals surface area contributed by atoms with Gasteiger partial charge in [0.2, 0.25) is 0 Å². The average Bonchev–Trinajstić information content (AvgIpc) is 3.42. The first-order valence-electron chi connectivity index (χ1n) is 11.2. The zero-order valence-electron chi connectivity index (χ0n) is 19.0. The molecule has 0 spiro atoms. The number of hydrogen-bond acceptors (Lipinski definition) is 10. The van der Waals surface area contributed by atoms with Gasteiger partial charge in [-0.25, -0.2) is 28.4 Å². The van der Waals surface area contributed by atoms with Gasteiger partial charge in [0.25, 0.3) is 0 Å². The second-order valence-electron chi connectivity index (χ2n) is 8.83. The van der Waals surface area contributed by atoms with E-state index in [0.717, 1.165) is 32.6 Å². The minimum atomic E-state index is -3.44. The van der Waals surface area contributed by atoms with Gasteiger partial charge in [0, 0.05) is 55.7 Å². The summed E-state index contributed by atoms with van der Waals surface area (Å²) >= 11 is 0. The van der Waals surface area contributed by atoms with Crippen LogP contribution in [0.3, 0.4) is 0 Å². The molecule has 11 heteroatoms. The average molecular weight is 482 g/mol. The van der Waals surface area contributed by atoms with Crippen LogP contribution in [0.5, 0.6) is 0 Å². The van der Waals surface area contributed by atoms with E-state index in [9.17, 15) is 8.42 Å². The van der Waals surface area contributed by atoms with Crippen molar-refractivity contribution in [2.24, 2.45) is 11.8 Å². The van der Waals surface area contributed by atoms with Crippen LogP contribution in [0.15, 0.2) is 53.9 Å². The maximum absolute atomic E-state index is 12.0. The van der Waals surface area contributed by atoms with Gasteiger partial charge >= 0.3 is 0 Å². The first kappa shape index (κ1) is 22.6. The van der Waals surface area contributed by atoms with Gasteiger partial charge in [-0.1, -0.05) is 6.07 Å². The maximum Gasteiger partial charge on any atom is 0.179 e. The Kier molecular flexibility index (Phi) is 6.15. The SMILES string of the molecule is C[C@@H](c1ccc(Nc2cc(Nc3ncccc3S(C)(=O)=O)ncn2)nc1)N1C[C@H]2COC[C@H]2C1. The number of hydrogen-bond donors (Lipinski definition) is 2. The molecule has 0 saturated carbocycles. The lowest BCUT2D eigenvalue weighted by molar-refractivity contribution is 0.142. The lowest BCUT2D eigenvalue weighted by Crippen LogP contribution is -2.26. The lowest BCUT2D eigenvalue weighted by Gasteiger charge is -2.25. The Hall–Kier alpha value is -3.15. The smallest absolute Gasteiger partial charge is 0.179 e. The number of anilines is 4. The number of aromatic nitrogens is 4. The van der Waals surface area contributed by atoms with Crippen LogP contribution in [0, 0.1) is 11.8 Å². The molecule has 5 rings (SSSR count). The molecule has 0 radical (unpaired) electrons. The molecule has 0 amide bonds. The lowest BCUT2D eigenvalue weighted by atomic mass is 10.0. The molecule has 3 atom stereocenters. The van der Waals surface area contributed by atoms with Crippen molar-refractivity contribution >= 4 is 33.1 Å². The molecular weight excluding hydrogens is 454 g/mol. The summed E-state index contributed by atoms with van der Waals surface area (Å²) in [5.41, 5.74) is 1.17. The van der Waals surface area contributed by atoms with Gasteiger partial charge < -0.3 is 15.4 Å². The summed E-state index contributed by atoms with van der Waals surface area (Å²) in [6.45, 7) is 6.11. The Labute approximate surface area is 198 Å². The fourth-order valence-electron chi connectivity index (χ4n) is 4.51. The van der Waals surface area contributed by atoms with Crippen LogP contribution < -0.4 is 10.6 Å². The topological polar surface area (TPSA) is 122 Å². The number of likely N-dealkylation sites (tertiary alicyclic amines) is 1. The number of fused-ring (bicyclic) bond motifs is 1. The zero-order valence-corrected chi connectivity index (χ0v) is 19.9. The van der Waals surface area contributed by atoms with E-state index < -0.39 is 9.84 Å². The number of nitrogens with zero attached hydrogens (tertiary/aromatic N) is 5. The minimum Gasteiger partial charge on any atom is -0.381 e. The fourth-order valence-corrected chi connectivity index (χ4v) is 5.29. The third-order valence-corrected chi connectivity index (χ3v) is 7.55. The monoisotopic (exact) mass is 481 g/mol.